The van der Waals surface area contributed by atoms with E-state index in [1.807, 2.05) is 0 Å². The highest BCUT2D eigenvalue weighted by molar-refractivity contribution is 4.98. The van der Waals surface area contributed by atoms with Crippen molar-refractivity contribution >= 4 is 0 Å². The largest absolute Gasteiger partial charge is 0.393 e. The second-order valence-corrected chi connectivity index (χ2v) is 13.0. The van der Waals surface area contributed by atoms with Gasteiger partial charge in [0, 0.05) is 13.2 Å². The minimum absolute atomic E-state index is 0.138. The zero-order valence-corrected chi connectivity index (χ0v) is 22.4. The van der Waals surface area contributed by atoms with Gasteiger partial charge in [-0.2, -0.15) is 0 Å². The van der Waals surface area contributed by atoms with E-state index in [2.05, 4.69) is 34.6 Å². The van der Waals surface area contributed by atoms with Crippen molar-refractivity contribution in [2.24, 2.45) is 53.3 Å². The van der Waals surface area contributed by atoms with Gasteiger partial charge in [0.05, 0.1) is 18.3 Å². The van der Waals surface area contributed by atoms with E-state index in [0.717, 1.165) is 43.3 Å². The third kappa shape index (κ3) is 6.18. The Labute approximate surface area is 204 Å². The fourth-order valence-corrected chi connectivity index (χ4v) is 8.85. The molecule has 0 amide bonds. The molecule has 0 aromatic rings. The van der Waals surface area contributed by atoms with Crippen LogP contribution in [0, 0.1) is 53.3 Å². The molecule has 192 valence electrons. The first-order valence-corrected chi connectivity index (χ1v) is 14.8. The Hall–Kier alpha value is -0.120. The van der Waals surface area contributed by atoms with Crippen LogP contribution in [0.5, 0.6) is 0 Å². The molecule has 0 aromatic heterocycles. The van der Waals surface area contributed by atoms with Crippen LogP contribution in [0.2, 0.25) is 0 Å². The molecule has 0 radical (unpaired) electrons. The zero-order valence-electron chi connectivity index (χ0n) is 22.4. The molecule has 2 saturated carbocycles. The van der Waals surface area contributed by atoms with Crippen LogP contribution in [0.25, 0.3) is 0 Å². The Morgan fingerprint density at radius 2 is 1.61 bits per heavy atom. The molecule has 2 saturated heterocycles. The maximum absolute atomic E-state index is 10.9. The van der Waals surface area contributed by atoms with Gasteiger partial charge in [-0.3, -0.25) is 0 Å². The maximum Gasteiger partial charge on any atom is 0.0640 e. The van der Waals surface area contributed by atoms with Crippen LogP contribution in [0.15, 0.2) is 0 Å². The third-order valence-corrected chi connectivity index (χ3v) is 10.5. The minimum Gasteiger partial charge on any atom is -0.393 e. The van der Waals surface area contributed by atoms with Crippen LogP contribution in [-0.4, -0.2) is 36.6 Å². The Balaban J connectivity index is 1.52. The predicted octanol–water partition coefficient (Wildman–Crippen LogP) is 7.11. The van der Waals surface area contributed by atoms with E-state index in [4.69, 9.17) is 9.47 Å². The summed E-state index contributed by atoms with van der Waals surface area (Å²) in [5, 5.41) is 10.9. The number of ether oxygens (including phenoxy) is 2. The summed E-state index contributed by atoms with van der Waals surface area (Å²) in [4.78, 5) is 0. The Kier molecular flexibility index (Phi) is 9.24. The van der Waals surface area contributed by atoms with E-state index in [-0.39, 0.29) is 6.10 Å². The van der Waals surface area contributed by atoms with Crippen molar-refractivity contribution in [3.63, 3.8) is 0 Å². The number of aliphatic hydroxyl groups excluding tert-OH is 1. The molecular formula is C30H54O3. The molecule has 1 N–H and O–H groups in total. The second-order valence-electron chi connectivity index (χ2n) is 13.0. The lowest BCUT2D eigenvalue weighted by molar-refractivity contribution is -0.195. The van der Waals surface area contributed by atoms with E-state index in [1.165, 1.54) is 64.2 Å². The lowest BCUT2D eigenvalue weighted by Gasteiger charge is -2.54. The molecule has 4 aliphatic rings. The van der Waals surface area contributed by atoms with Crippen LogP contribution in [-0.2, 0) is 9.47 Å². The summed E-state index contributed by atoms with van der Waals surface area (Å²) in [5.74, 6) is 6.49. The molecule has 10 atom stereocenters. The first kappa shape index (κ1) is 26.0. The minimum atomic E-state index is -0.138. The van der Waals surface area contributed by atoms with E-state index in [1.54, 1.807) is 0 Å². The Morgan fingerprint density at radius 1 is 0.909 bits per heavy atom. The summed E-state index contributed by atoms with van der Waals surface area (Å²) in [6.07, 6.45) is 14.4. The van der Waals surface area contributed by atoms with E-state index >= 15 is 0 Å². The van der Waals surface area contributed by atoms with E-state index in [0.29, 0.717) is 41.8 Å². The normalized spacial score (nSPS) is 44.7. The van der Waals surface area contributed by atoms with Crippen molar-refractivity contribution in [2.75, 3.05) is 13.2 Å². The molecule has 33 heavy (non-hydrogen) atoms. The van der Waals surface area contributed by atoms with Gasteiger partial charge < -0.3 is 14.6 Å². The molecule has 0 spiro atoms. The number of hydrogen-bond acceptors (Lipinski definition) is 3. The average Bonchev–Trinajstić information content (AvgIpc) is 2.81. The van der Waals surface area contributed by atoms with Gasteiger partial charge in [-0.05, 0) is 117 Å². The highest BCUT2D eigenvalue weighted by Gasteiger charge is 2.50. The van der Waals surface area contributed by atoms with Crippen molar-refractivity contribution in [1.29, 1.82) is 0 Å². The summed E-state index contributed by atoms with van der Waals surface area (Å²) >= 11 is 0. The molecule has 2 aliphatic carbocycles. The molecule has 0 aromatic carbocycles. The van der Waals surface area contributed by atoms with E-state index < -0.39 is 0 Å². The third-order valence-electron chi connectivity index (χ3n) is 10.5. The number of aliphatic hydroxyl groups is 1. The van der Waals surface area contributed by atoms with Crippen LogP contribution in [0.4, 0.5) is 0 Å². The summed E-state index contributed by atoms with van der Waals surface area (Å²) in [5.41, 5.74) is 0. The molecular weight excluding hydrogens is 408 g/mol. The molecule has 3 heteroatoms. The zero-order chi connectivity index (χ0) is 23.5. The smallest absolute Gasteiger partial charge is 0.0640 e. The lowest BCUT2D eigenvalue weighted by atomic mass is 9.59. The molecule has 3 nitrogen and oxygen atoms in total. The number of rotatable bonds is 7. The molecule has 4 fully saturated rings. The monoisotopic (exact) mass is 462 g/mol. The maximum atomic E-state index is 10.9. The first-order chi connectivity index (χ1) is 15.9. The van der Waals surface area contributed by atoms with Crippen LogP contribution >= 0.6 is 0 Å². The summed E-state index contributed by atoms with van der Waals surface area (Å²) in [7, 11) is 0. The SMILES string of the molecule is CCC(O)C1CC(C(C)CC2CC(C)CC(C)C2)C2OC(C3CCOCC3)CC(CC)C2C1. The highest BCUT2D eigenvalue weighted by Crippen LogP contribution is 2.51. The van der Waals surface area contributed by atoms with Gasteiger partial charge in [0.25, 0.3) is 0 Å². The van der Waals surface area contributed by atoms with Crippen LogP contribution < -0.4 is 0 Å². The average molecular weight is 463 g/mol. The molecule has 10 unspecified atom stereocenters. The van der Waals surface area contributed by atoms with Crippen LogP contribution in [0.3, 0.4) is 0 Å². The standard InChI is InChI=1S/C30H54O3/c1-6-23-18-29(24-8-10-32-11-9-24)33-30-26(16-25(17-27(23)30)28(31)7-2)21(5)15-22-13-19(3)12-20(4)14-22/h19-31H,6-18H2,1-5H3. The molecule has 4 rings (SSSR count). The van der Waals surface area contributed by atoms with Crippen molar-refractivity contribution in [3.8, 4) is 0 Å². The van der Waals surface area contributed by atoms with Crippen molar-refractivity contribution < 1.29 is 14.6 Å². The van der Waals surface area contributed by atoms with Gasteiger partial charge >= 0.3 is 0 Å². The summed E-state index contributed by atoms with van der Waals surface area (Å²) < 4.78 is 12.8. The molecule has 0 bridgehead atoms. The predicted molar refractivity (Wildman–Crippen MR) is 136 cm³/mol. The Morgan fingerprint density at radius 3 is 2.24 bits per heavy atom. The van der Waals surface area contributed by atoms with Gasteiger partial charge in [-0.1, -0.05) is 41.0 Å². The van der Waals surface area contributed by atoms with Crippen molar-refractivity contribution in [2.45, 2.75) is 124 Å². The van der Waals surface area contributed by atoms with Crippen molar-refractivity contribution in [1.82, 2.24) is 0 Å². The lowest BCUT2D eigenvalue weighted by Crippen LogP contribution is -2.53. The summed E-state index contributed by atoms with van der Waals surface area (Å²) in [6, 6.07) is 0. The number of fused-ring (bicyclic) bond motifs is 1. The van der Waals surface area contributed by atoms with E-state index in [9.17, 15) is 5.11 Å². The van der Waals surface area contributed by atoms with Gasteiger partial charge in [0.2, 0.25) is 0 Å². The fraction of sp³-hybridized carbons (Fsp3) is 1.00. The Bertz CT molecular complexity index is 577. The first-order valence-electron chi connectivity index (χ1n) is 14.8. The van der Waals surface area contributed by atoms with Crippen LogP contribution in [0.1, 0.15) is 105 Å². The van der Waals surface area contributed by atoms with Crippen molar-refractivity contribution in [3.05, 3.63) is 0 Å². The van der Waals surface area contributed by atoms with Gasteiger partial charge in [-0.25, -0.2) is 0 Å². The van der Waals surface area contributed by atoms with Gasteiger partial charge in [-0.15, -0.1) is 0 Å². The number of hydrogen-bond donors (Lipinski definition) is 1. The molecule has 2 heterocycles. The quantitative estimate of drug-likeness (QED) is 0.438. The fourth-order valence-electron chi connectivity index (χ4n) is 8.85. The summed E-state index contributed by atoms with van der Waals surface area (Å²) in [6.45, 7) is 13.9. The second kappa shape index (κ2) is 11.7. The van der Waals surface area contributed by atoms with Gasteiger partial charge in [0.15, 0.2) is 0 Å². The molecule has 2 aliphatic heterocycles. The highest BCUT2D eigenvalue weighted by atomic mass is 16.5. The topological polar surface area (TPSA) is 38.7 Å². The van der Waals surface area contributed by atoms with Gasteiger partial charge in [0.1, 0.15) is 0 Å².